The molecule has 2 aromatic rings. The molecule has 0 bridgehead atoms. The van der Waals surface area contributed by atoms with Gasteiger partial charge in [-0.3, -0.25) is 0 Å². The van der Waals surface area contributed by atoms with Crippen LogP contribution in [-0.2, 0) is 11.3 Å². The average molecular weight is 226 g/mol. The van der Waals surface area contributed by atoms with Crippen molar-refractivity contribution in [2.24, 2.45) is 0 Å². The molecule has 0 aliphatic heterocycles. The van der Waals surface area contributed by atoms with Crippen LogP contribution in [0.1, 0.15) is 5.56 Å². The van der Waals surface area contributed by atoms with Crippen molar-refractivity contribution < 1.29 is 14.1 Å². The predicted octanol–water partition coefficient (Wildman–Crippen LogP) is 2.61. The van der Waals surface area contributed by atoms with Gasteiger partial charge in [0.15, 0.2) is 0 Å². The van der Waals surface area contributed by atoms with Crippen LogP contribution in [0.3, 0.4) is 0 Å². The zero-order chi connectivity index (χ0) is 11.9. The van der Waals surface area contributed by atoms with Crippen molar-refractivity contribution in [1.82, 2.24) is 0 Å². The Kier molecular flexibility index (Phi) is 3.92. The van der Waals surface area contributed by atoms with E-state index >= 15 is 0 Å². The molecule has 4 heteroatoms. The van der Waals surface area contributed by atoms with Crippen LogP contribution in [0.2, 0.25) is 0 Å². The van der Waals surface area contributed by atoms with Gasteiger partial charge in [0, 0.05) is 0 Å². The van der Waals surface area contributed by atoms with Gasteiger partial charge in [0.1, 0.15) is 0 Å². The Balaban J connectivity index is 1.93. The van der Waals surface area contributed by atoms with E-state index in [1.165, 1.54) is 0 Å². The second kappa shape index (κ2) is 5.84. The van der Waals surface area contributed by atoms with Crippen molar-refractivity contribution >= 4 is 7.35 Å². The number of rotatable bonds is 5. The molecular formula is C13H11BO3. The second-order valence-electron chi connectivity index (χ2n) is 3.46. The van der Waals surface area contributed by atoms with Gasteiger partial charge in [0.2, 0.25) is 0 Å². The first-order valence-corrected chi connectivity index (χ1v) is 5.25. The Hall–Kier alpha value is -2.10. The fraction of sp³-hybridized carbons (Fsp3) is 0.0769. The summed E-state index contributed by atoms with van der Waals surface area (Å²) in [6.45, 7) is 0.523. The second-order valence-corrected chi connectivity index (χ2v) is 3.46. The topological polar surface area (TPSA) is 35.5 Å². The van der Waals surface area contributed by atoms with Gasteiger partial charge in [0.25, 0.3) is 0 Å². The summed E-state index contributed by atoms with van der Waals surface area (Å²) in [4.78, 5) is 0. The molecule has 0 N–H and O–H groups in total. The van der Waals surface area contributed by atoms with Crippen LogP contribution in [0, 0.1) is 0 Å². The van der Waals surface area contributed by atoms with Gasteiger partial charge < -0.3 is 0 Å². The zero-order valence-electron chi connectivity index (χ0n) is 9.21. The molecule has 0 atom stereocenters. The summed E-state index contributed by atoms with van der Waals surface area (Å²) in [5.74, 6) is 1.25. The van der Waals surface area contributed by atoms with E-state index in [4.69, 9.17) is 4.74 Å². The van der Waals surface area contributed by atoms with Crippen LogP contribution >= 0.6 is 0 Å². The summed E-state index contributed by atoms with van der Waals surface area (Å²) >= 11 is 0. The van der Waals surface area contributed by atoms with E-state index in [1.807, 2.05) is 30.3 Å². The van der Waals surface area contributed by atoms with Gasteiger partial charge >= 0.3 is 99.7 Å². The average Bonchev–Trinajstić information content (AvgIpc) is 2.40. The van der Waals surface area contributed by atoms with Crippen molar-refractivity contribution in [3.05, 3.63) is 60.2 Å². The molecular weight excluding hydrogens is 215 g/mol. The molecule has 2 aromatic carbocycles. The fourth-order valence-corrected chi connectivity index (χ4v) is 1.41. The molecule has 0 unspecified atom stereocenters. The summed E-state index contributed by atoms with van der Waals surface area (Å²) in [5, 5.41) is 0. The molecule has 0 aliphatic rings. The summed E-state index contributed by atoms with van der Waals surface area (Å²) in [7, 11) is 0.403. The van der Waals surface area contributed by atoms with E-state index in [0.29, 0.717) is 19.7 Å². The monoisotopic (exact) mass is 226 g/mol. The summed E-state index contributed by atoms with van der Waals surface area (Å²) in [6.07, 6.45) is 0. The van der Waals surface area contributed by atoms with Crippen molar-refractivity contribution in [3.63, 3.8) is 0 Å². The van der Waals surface area contributed by atoms with Gasteiger partial charge in [-0.05, 0) is 0 Å². The first-order valence-electron chi connectivity index (χ1n) is 5.25. The summed E-state index contributed by atoms with van der Waals surface area (Å²) in [5.41, 5.74) is 1.11. The van der Waals surface area contributed by atoms with Gasteiger partial charge in [-0.1, -0.05) is 0 Å². The molecule has 0 radical (unpaired) electrons. The Bertz CT molecular complexity index is 468. The minimum atomic E-state index is 0.403. The Labute approximate surface area is 100 Å². The van der Waals surface area contributed by atoms with Gasteiger partial charge in [0.05, 0.1) is 0 Å². The standard InChI is InChI=1S/C13H11BO3/c15-14-17-13-8-6-12(7-9-13)16-10-11-4-2-1-3-5-11/h1-9H,10H2. The predicted molar refractivity (Wildman–Crippen MR) is 64.3 cm³/mol. The van der Waals surface area contributed by atoms with Crippen LogP contribution < -0.4 is 9.39 Å². The Morgan fingerprint density at radius 3 is 2.18 bits per heavy atom. The SMILES string of the molecule is O=BOc1ccc(OCc2ccccc2)cc1. The van der Waals surface area contributed by atoms with Gasteiger partial charge in [-0.25, -0.2) is 0 Å². The molecule has 0 heterocycles. The van der Waals surface area contributed by atoms with Gasteiger partial charge in [-0.15, -0.1) is 0 Å². The number of ether oxygens (including phenoxy) is 1. The molecule has 0 spiro atoms. The Morgan fingerprint density at radius 1 is 0.882 bits per heavy atom. The molecule has 84 valence electrons. The van der Waals surface area contributed by atoms with Crippen LogP contribution in [0.25, 0.3) is 0 Å². The van der Waals surface area contributed by atoms with Crippen LogP contribution in [0.4, 0.5) is 0 Å². The van der Waals surface area contributed by atoms with E-state index in [2.05, 4.69) is 4.65 Å². The maximum atomic E-state index is 10.1. The third-order valence-electron chi connectivity index (χ3n) is 2.26. The third-order valence-corrected chi connectivity index (χ3v) is 2.26. The molecule has 0 aromatic heterocycles. The molecule has 0 fully saturated rings. The van der Waals surface area contributed by atoms with Crippen LogP contribution in [0.15, 0.2) is 54.6 Å². The summed E-state index contributed by atoms with van der Waals surface area (Å²) < 4.78 is 20.4. The molecule has 0 saturated carbocycles. The first-order chi connectivity index (χ1) is 8.38. The molecule has 0 saturated heterocycles. The van der Waals surface area contributed by atoms with Crippen molar-refractivity contribution in [2.75, 3.05) is 0 Å². The van der Waals surface area contributed by atoms with Crippen LogP contribution in [0.5, 0.6) is 11.5 Å². The summed E-state index contributed by atoms with van der Waals surface area (Å²) in [6, 6.07) is 16.8. The minimum absolute atomic E-state index is 0.403. The molecule has 0 amide bonds. The normalized spacial score (nSPS) is 9.41. The van der Waals surface area contributed by atoms with E-state index in [1.54, 1.807) is 24.3 Å². The third kappa shape index (κ3) is 3.45. The van der Waals surface area contributed by atoms with Crippen molar-refractivity contribution in [3.8, 4) is 11.5 Å². The number of hydrogen-bond donors (Lipinski definition) is 0. The first kappa shape index (κ1) is 11.4. The molecule has 0 aliphatic carbocycles. The number of hydrogen-bond acceptors (Lipinski definition) is 3. The Morgan fingerprint density at radius 2 is 1.53 bits per heavy atom. The van der Waals surface area contributed by atoms with E-state index in [-0.39, 0.29) is 0 Å². The maximum absolute atomic E-state index is 10.1. The van der Waals surface area contributed by atoms with Crippen LogP contribution in [-0.4, -0.2) is 7.35 Å². The zero-order valence-corrected chi connectivity index (χ0v) is 9.21. The van der Waals surface area contributed by atoms with Gasteiger partial charge in [-0.2, -0.15) is 0 Å². The molecule has 2 rings (SSSR count). The molecule has 3 nitrogen and oxygen atoms in total. The van der Waals surface area contributed by atoms with E-state index in [0.717, 1.165) is 11.3 Å². The van der Waals surface area contributed by atoms with Crippen molar-refractivity contribution in [1.29, 1.82) is 0 Å². The molecule has 17 heavy (non-hydrogen) atoms. The van der Waals surface area contributed by atoms with Crippen molar-refractivity contribution in [2.45, 2.75) is 6.61 Å². The van der Waals surface area contributed by atoms with E-state index < -0.39 is 0 Å². The fourth-order valence-electron chi connectivity index (χ4n) is 1.41. The quantitative estimate of drug-likeness (QED) is 0.735. The number of benzene rings is 2. The van der Waals surface area contributed by atoms with E-state index in [9.17, 15) is 4.70 Å².